The van der Waals surface area contributed by atoms with Crippen molar-refractivity contribution < 1.29 is 14.3 Å². The maximum atomic E-state index is 9.94. The van der Waals surface area contributed by atoms with Crippen molar-refractivity contribution in [3.05, 3.63) is 23.8 Å². The van der Waals surface area contributed by atoms with E-state index in [1.54, 1.807) is 7.11 Å². The van der Waals surface area contributed by atoms with Gasteiger partial charge >= 0.3 is 0 Å². The van der Waals surface area contributed by atoms with Gasteiger partial charge in [-0.05, 0) is 49.2 Å². The predicted octanol–water partition coefficient (Wildman–Crippen LogP) is 5.37. The van der Waals surface area contributed by atoms with Gasteiger partial charge in [-0.3, -0.25) is 0 Å². The Morgan fingerprint density at radius 2 is 1.84 bits per heavy atom. The van der Waals surface area contributed by atoms with Crippen molar-refractivity contribution in [1.82, 2.24) is 0 Å². The average Bonchev–Trinajstić information content (AvgIpc) is 2.52. The summed E-state index contributed by atoms with van der Waals surface area (Å²) in [6, 6.07) is 5.73. The highest BCUT2D eigenvalue weighted by atomic mass is 28.4. The Hall–Kier alpha value is -1.44. The molecule has 0 aromatic heterocycles. The van der Waals surface area contributed by atoms with Gasteiger partial charge in [0.1, 0.15) is 11.9 Å². The summed E-state index contributed by atoms with van der Waals surface area (Å²) in [7, 11) is -0.278. The zero-order chi connectivity index (χ0) is 19.1. The molecule has 0 amide bonds. The first-order chi connectivity index (χ1) is 11.6. The second-order valence-corrected chi connectivity index (χ2v) is 12.7. The molecule has 0 aliphatic carbocycles. The number of hydrogen-bond donors (Lipinski definition) is 1. The van der Waals surface area contributed by atoms with Crippen LogP contribution in [0.2, 0.25) is 18.1 Å². The average molecular weight is 363 g/mol. The van der Waals surface area contributed by atoms with Crippen LogP contribution in [0, 0.1) is 11.8 Å². The summed E-state index contributed by atoms with van der Waals surface area (Å²) in [6.07, 6.45) is 3.44. The van der Waals surface area contributed by atoms with Gasteiger partial charge in [0.2, 0.25) is 0 Å². The van der Waals surface area contributed by atoms with E-state index >= 15 is 0 Å². The number of hydrogen-bond acceptors (Lipinski definition) is 3. The minimum atomic E-state index is -1.92. The third kappa shape index (κ3) is 6.76. The Bertz CT molecular complexity index is 606. The lowest BCUT2D eigenvalue weighted by Gasteiger charge is -2.36. The molecule has 0 saturated heterocycles. The first-order valence-electron chi connectivity index (χ1n) is 9.17. The number of methoxy groups -OCH3 is 1. The first-order valence-corrected chi connectivity index (χ1v) is 12.1. The van der Waals surface area contributed by atoms with E-state index in [1.807, 2.05) is 18.2 Å². The smallest absolute Gasteiger partial charge is 0.250 e. The van der Waals surface area contributed by atoms with E-state index < -0.39 is 14.4 Å². The number of unbranched alkanes of at least 4 members (excludes halogenated alkanes) is 2. The number of aliphatic hydroxyl groups excluding tert-OH is 1. The molecule has 1 rings (SSSR count). The highest BCUT2D eigenvalue weighted by molar-refractivity contribution is 6.74. The van der Waals surface area contributed by atoms with Gasteiger partial charge in [-0.1, -0.05) is 52.4 Å². The van der Waals surface area contributed by atoms with Crippen LogP contribution < -0.4 is 9.16 Å². The molecule has 1 unspecified atom stereocenters. The van der Waals surface area contributed by atoms with Crippen molar-refractivity contribution in [3.63, 3.8) is 0 Å². The highest BCUT2D eigenvalue weighted by Crippen LogP contribution is 2.40. The predicted molar refractivity (Wildman–Crippen MR) is 108 cm³/mol. The van der Waals surface area contributed by atoms with E-state index in [0.29, 0.717) is 5.75 Å². The maximum absolute atomic E-state index is 9.94. The van der Waals surface area contributed by atoms with E-state index in [-0.39, 0.29) is 5.04 Å². The van der Waals surface area contributed by atoms with Gasteiger partial charge in [0.25, 0.3) is 8.32 Å². The van der Waals surface area contributed by atoms with E-state index in [2.05, 4.69) is 52.6 Å². The van der Waals surface area contributed by atoms with Crippen LogP contribution in [0.3, 0.4) is 0 Å². The van der Waals surface area contributed by atoms with Gasteiger partial charge in [0, 0.05) is 5.56 Å². The molecule has 1 aromatic rings. The molecule has 0 radical (unpaired) electrons. The summed E-state index contributed by atoms with van der Waals surface area (Å²) in [5.74, 6) is 7.42. The fourth-order valence-corrected chi connectivity index (χ4v) is 3.11. The molecule has 140 valence electrons. The normalized spacial score (nSPS) is 13.0. The zero-order valence-corrected chi connectivity index (χ0v) is 17.9. The minimum Gasteiger partial charge on any atom is -0.541 e. The van der Waals surface area contributed by atoms with Crippen molar-refractivity contribution in [3.8, 4) is 23.3 Å². The van der Waals surface area contributed by atoms with Crippen LogP contribution in [0.15, 0.2) is 18.2 Å². The Labute approximate surface area is 154 Å². The lowest BCUT2D eigenvalue weighted by atomic mass is 10.1. The maximum Gasteiger partial charge on any atom is 0.250 e. The van der Waals surface area contributed by atoms with Gasteiger partial charge in [-0.25, -0.2) is 0 Å². The van der Waals surface area contributed by atoms with Crippen molar-refractivity contribution >= 4 is 8.32 Å². The lowest BCUT2D eigenvalue weighted by Crippen LogP contribution is -2.43. The number of benzene rings is 1. The van der Waals surface area contributed by atoms with E-state index in [0.717, 1.165) is 37.0 Å². The first kappa shape index (κ1) is 21.6. The standard InChI is InChI=1S/C21H34O3Si/c1-8-9-10-11-18(22)14-12-17-13-15-19(20(16-17)23-5)24-25(6,7)21(2,3)4/h13,15-16,18,22H,8-11H2,1-7H3. The molecule has 1 N–H and O–H groups in total. The molecule has 1 atom stereocenters. The van der Waals surface area contributed by atoms with Crippen LogP contribution in [-0.2, 0) is 0 Å². The Morgan fingerprint density at radius 1 is 1.16 bits per heavy atom. The van der Waals surface area contributed by atoms with Crippen molar-refractivity contribution in [1.29, 1.82) is 0 Å². The SMILES string of the molecule is CCCCCC(O)C#Cc1ccc(O[Si](C)(C)C(C)(C)C)c(OC)c1. The minimum absolute atomic E-state index is 0.124. The summed E-state index contributed by atoms with van der Waals surface area (Å²) in [6.45, 7) is 13.2. The number of rotatable bonds is 7. The van der Waals surface area contributed by atoms with E-state index in [1.165, 1.54) is 0 Å². The Morgan fingerprint density at radius 3 is 2.40 bits per heavy atom. The Kier molecular flexibility index (Phi) is 8.04. The summed E-state index contributed by atoms with van der Waals surface area (Å²) in [5.41, 5.74) is 0.828. The van der Waals surface area contributed by atoms with Gasteiger partial charge in [-0.15, -0.1) is 0 Å². The molecule has 0 spiro atoms. The molecule has 0 saturated carbocycles. The van der Waals surface area contributed by atoms with E-state index in [9.17, 15) is 5.11 Å². The molecule has 0 aliphatic heterocycles. The van der Waals surface area contributed by atoms with Crippen LogP contribution >= 0.6 is 0 Å². The summed E-state index contributed by atoms with van der Waals surface area (Å²) in [5, 5.41) is 10.1. The molecule has 0 bridgehead atoms. The van der Waals surface area contributed by atoms with Crippen LogP contribution in [0.1, 0.15) is 58.9 Å². The number of ether oxygens (including phenoxy) is 1. The molecule has 0 aliphatic rings. The monoisotopic (exact) mass is 362 g/mol. The molecule has 1 aromatic carbocycles. The summed E-state index contributed by atoms with van der Waals surface area (Å²) in [4.78, 5) is 0. The van der Waals surface area contributed by atoms with Crippen molar-refractivity contribution in [2.75, 3.05) is 7.11 Å². The third-order valence-corrected chi connectivity index (χ3v) is 9.14. The van der Waals surface area contributed by atoms with Crippen LogP contribution in [0.5, 0.6) is 11.5 Å². The molecule has 25 heavy (non-hydrogen) atoms. The topological polar surface area (TPSA) is 38.7 Å². The van der Waals surface area contributed by atoms with Gasteiger partial charge in [-0.2, -0.15) is 0 Å². The molecule has 0 fully saturated rings. The van der Waals surface area contributed by atoms with Gasteiger partial charge in [0.15, 0.2) is 5.75 Å². The second-order valence-electron chi connectivity index (χ2n) is 8.01. The third-order valence-electron chi connectivity index (χ3n) is 4.80. The molecule has 0 heterocycles. The zero-order valence-electron chi connectivity index (χ0n) is 16.9. The van der Waals surface area contributed by atoms with Gasteiger partial charge < -0.3 is 14.3 Å². The highest BCUT2D eigenvalue weighted by Gasteiger charge is 2.39. The quantitative estimate of drug-likeness (QED) is 0.402. The fourth-order valence-electron chi connectivity index (χ4n) is 2.08. The van der Waals surface area contributed by atoms with Crippen molar-refractivity contribution in [2.24, 2.45) is 0 Å². The lowest BCUT2D eigenvalue weighted by molar-refractivity contribution is 0.217. The Balaban J connectivity index is 2.89. The molecule has 3 nitrogen and oxygen atoms in total. The number of aliphatic hydroxyl groups is 1. The molecular formula is C21H34O3Si. The largest absolute Gasteiger partial charge is 0.541 e. The van der Waals surface area contributed by atoms with Crippen molar-refractivity contribution in [2.45, 2.75) is 77.6 Å². The van der Waals surface area contributed by atoms with Crippen LogP contribution in [0.4, 0.5) is 0 Å². The molecule has 4 heteroatoms. The van der Waals surface area contributed by atoms with Crippen LogP contribution in [-0.4, -0.2) is 26.6 Å². The second kappa shape index (κ2) is 9.31. The summed E-state index contributed by atoms with van der Waals surface area (Å²) < 4.78 is 11.8. The molecular weight excluding hydrogens is 328 g/mol. The summed E-state index contributed by atoms with van der Waals surface area (Å²) >= 11 is 0. The van der Waals surface area contributed by atoms with Crippen LogP contribution in [0.25, 0.3) is 0 Å². The van der Waals surface area contributed by atoms with Gasteiger partial charge in [0.05, 0.1) is 7.11 Å². The fraction of sp³-hybridized carbons (Fsp3) is 0.619. The van der Waals surface area contributed by atoms with E-state index in [4.69, 9.17) is 9.16 Å².